The topological polar surface area (TPSA) is 64.1 Å². The van der Waals surface area contributed by atoms with Crippen LogP contribution < -0.4 is 10.1 Å². The molecular formula is C17H15N3O2S. The summed E-state index contributed by atoms with van der Waals surface area (Å²) in [7, 11) is 0. The molecule has 0 radical (unpaired) electrons. The SMILES string of the molecule is O=C(COc1ncnc2scc(-c3ccccc3)c12)NC1CC1. The van der Waals surface area contributed by atoms with E-state index in [1.807, 2.05) is 35.7 Å². The molecule has 0 unspecified atom stereocenters. The second-order valence-electron chi connectivity index (χ2n) is 5.50. The Bertz CT molecular complexity index is 843. The number of carbonyl (C=O) groups is 1. The summed E-state index contributed by atoms with van der Waals surface area (Å²) in [5.41, 5.74) is 2.12. The van der Waals surface area contributed by atoms with Crippen molar-refractivity contribution in [1.29, 1.82) is 0 Å². The van der Waals surface area contributed by atoms with Crippen LogP contribution >= 0.6 is 11.3 Å². The number of aromatic nitrogens is 2. The third-order valence-corrected chi connectivity index (χ3v) is 4.59. The van der Waals surface area contributed by atoms with Gasteiger partial charge in [0, 0.05) is 17.0 Å². The number of rotatable bonds is 5. The molecule has 0 spiro atoms. The van der Waals surface area contributed by atoms with Crippen LogP contribution in [0.2, 0.25) is 0 Å². The molecule has 1 N–H and O–H groups in total. The van der Waals surface area contributed by atoms with E-state index in [0.717, 1.165) is 34.2 Å². The van der Waals surface area contributed by atoms with Gasteiger partial charge in [-0.2, -0.15) is 0 Å². The molecule has 1 aliphatic rings. The van der Waals surface area contributed by atoms with Gasteiger partial charge in [-0.3, -0.25) is 4.79 Å². The van der Waals surface area contributed by atoms with Crippen molar-refractivity contribution in [3.63, 3.8) is 0 Å². The predicted molar refractivity (Wildman–Crippen MR) is 89.5 cm³/mol. The molecule has 1 fully saturated rings. The first-order chi connectivity index (χ1) is 11.3. The predicted octanol–water partition coefficient (Wildman–Crippen LogP) is 3.02. The Labute approximate surface area is 137 Å². The average Bonchev–Trinajstić information content (AvgIpc) is 3.28. The molecule has 1 amide bonds. The van der Waals surface area contributed by atoms with Gasteiger partial charge >= 0.3 is 0 Å². The van der Waals surface area contributed by atoms with Crippen molar-refractivity contribution in [3.05, 3.63) is 42.0 Å². The van der Waals surface area contributed by atoms with Crippen molar-refractivity contribution in [3.8, 4) is 17.0 Å². The summed E-state index contributed by atoms with van der Waals surface area (Å²) in [5, 5.41) is 5.82. The van der Waals surface area contributed by atoms with Crippen molar-refractivity contribution in [2.75, 3.05) is 6.61 Å². The fourth-order valence-corrected chi connectivity index (χ4v) is 3.32. The van der Waals surface area contributed by atoms with Crippen LogP contribution in [0.15, 0.2) is 42.0 Å². The lowest BCUT2D eigenvalue weighted by molar-refractivity contribution is -0.123. The Hall–Kier alpha value is -2.47. The molecule has 1 saturated carbocycles. The molecule has 2 aromatic heterocycles. The molecule has 0 atom stereocenters. The van der Waals surface area contributed by atoms with Gasteiger partial charge in [0.1, 0.15) is 11.2 Å². The maximum atomic E-state index is 11.8. The standard InChI is InChI=1S/C17H15N3O2S/c21-14(20-12-6-7-12)8-22-16-15-13(11-4-2-1-3-5-11)9-23-17(15)19-10-18-16/h1-5,9-10,12H,6-8H2,(H,20,21). The number of hydrogen-bond acceptors (Lipinski definition) is 5. The lowest BCUT2D eigenvalue weighted by Gasteiger charge is -2.08. The van der Waals surface area contributed by atoms with E-state index in [9.17, 15) is 4.79 Å². The smallest absolute Gasteiger partial charge is 0.258 e. The number of hydrogen-bond donors (Lipinski definition) is 1. The lowest BCUT2D eigenvalue weighted by Crippen LogP contribution is -2.30. The quantitative estimate of drug-likeness (QED) is 0.783. The summed E-state index contributed by atoms with van der Waals surface area (Å²) >= 11 is 1.55. The maximum absolute atomic E-state index is 11.8. The van der Waals surface area contributed by atoms with Crippen molar-refractivity contribution < 1.29 is 9.53 Å². The van der Waals surface area contributed by atoms with E-state index < -0.39 is 0 Å². The molecule has 3 aromatic rings. The third-order valence-electron chi connectivity index (χ3n) is 3.70. The molecule has 23 heavy (non-hydrogen) atoms. The Morgan fingerprint density at radius 3 is 2.87 bits per heavy atom. The summed E-state index contributed by atoms with van der Waals surface area (Å²) < 4.78 is 5.67. The zero-order valence-corrected chi connectivity index (χ0v) is 13.2. The lowest BCUT2D eigenvalue weighted by atomic mass is 10.1. The number of ether oxygens (including phenoxy) is 1. The second-order valence-corrected chi connectivity index (χ2v) is 6.36. The van der Waals surface area contributed by atoms with Crippen molar-refractivity contribution in [2.45, 2.75) is 18.9 Å². The number of nitrogens with one attached hydrogen (secondary N) is 1. The van der Waals surface area contributed by atoms with Crippen LogP contribution in [0.4, 0.5) is 0 Å². The van der Waals surface area contributed by atoms with Gasteiger partial charge < -0.3 is 10.1 Å². The van der Waals surface area contributed by atoms with Crippen LogP contribution in [0.3, 0.4) is 0 Å². The molecule has 0 bridgehead atoms. The van der Waals surface area contributed by atoms with E-state index in [-0.39, 0.29) is 12.5 Å². The van der Waals surface area contributed by atoms with E-state index >= 15 is 0 Å². The summed E-state index contributed by atoms with van der Waals surface area (Å²) in [5.74, 6) is 0.358. The van der Waals surface area contributed by atoms with Gasteiger partial charge in [-0.1, -0.05) is 30.3 Å². The molecule has 0 saturated heterocycles. The van der Waals surface area contributed by atoms with Crippen molar-refractivity contribution in [1.82, 2.24) is 15.3 Å². The van der Waals surface area contributed by atoms with Gasteiger partial charge in [0.2, 0.25) is 5.88 Å². The number of amides is 1. The first-order valence-electron chi connectivity index (χ1n) is 7.51. The van der Waals surface area contributed by atoms with Gasteiger partial charge in [-0.25, -0.2) is 9.97 Å². The first kappa shape index (κ1) is 14.1. The maximum Gasteiger partial charge on any atom is 0.258 e. The molecule has 116 valence electrons. The van der Waals surface area contributed by atoms with Crippen LogP contribution in [-0.2, 0) is 4.79 Å². The first-order valence-corrected chi connectivity index (χ1v) is 8.39. The van der Waals surface area contributed by atoms with Gasteiger partial charge in [0.25, 0.3) is 5.91 Å². The van der Waals surface area contributed by atoms with E-state index in [0.29, 0.717) is 11.9 Å². The van der Waals surface area contributed by atoms with Crippen LogP contribution in [0.5, 0.6) is 5.88 Å². The van der Waals surface area contributed by atoms with Crippen molar-refractivity contribution in [2.24, 2.45) is 0 Å². The Kier molecular flexibility index (Phi) is 3.67. The van der Waals surface area contributed by atoms with Gasteiger partial charge in [-0.15, -0.1) is 11.3 Å². The number of fused-ring (bicyclic) bond motifs is 1. The fourth-order valence-electron chi connectivity index (χ4n) is 2.42. The number of thiophene rings is 1. The minimum atomic E-state index is -0.101. The Morgan fingerprint density at radius 1 is 1.26 bits per heavy atom. The molecule has 1 aromatic carbocycles. The zero-order chi connectivity index (χ0) is 15.6. The second kappa shape index (κ2) is 5.96. The summed E-state index contributed by atoms with van der Waals surface area (Å²) in [6, 6.07) is 10.4. The third kappa shape index (κ3) is 3.03. The van der Waals surface area contributed by atoms with Crippen LogP contribution in [0.1, 0.15) is 12.8 Å². The largest absolute Gasteiger partial charge is 0.467 e. The Balaban J connectivity index is 1.63. The van der Waals surface area contributed by atoms with Crippen molar-refractivity contribution >= 4 is 27.5 Å². The monoisotopic (exact) mass is 325 g/mol. The molecular weight excluding hydrogens is 310 g/mol. The Morgan fingerprint density at radius 2 is 2.09 bits per heavy atom. The molecule has 4 rings (SSSR count). The average molecular weight is 325 g/mol. The highest BCUT2D eigenvalue weighted by Crippen LogP contribution is 2.37. The summed E-state index contributed by atoms with van der Waals surface area (Å²) in [6.07, 6.45) is 3.60. The minimum Gasteiger partial charge on any atom is -0.467 e. The number of carbonyl (C=O) groups excluding carboxylic acids is 1. The molecule has 5 nitrogen and oxygen atoms in total. The van der Waals surface area contributed by atoms with E-state index in [2.05, 4.69) is 15.3 Å². The van der Waals surface area contributed by atoms with Crippen LogP contribution in [0.25, 0.3) is 21.3 Å². The normalized spacial score (nSPS) is 13.9. The highest BCUT2D eigenvalue weighted by molar-refractivity contribution is 7.17. The van der Waals surface area contributed by atoms with E-state index in [4.69, 9.17) is 4.74 Å². The fraction of sp³-hybridized carbons (Fsp3) is 0.235. The molecule has 0 aliphatic heterocycles. The summed E-state index contributed by atoms with van der Waals surface area (Å²) in [4.78, 5) is 21.2. The van der Waals surface area contributed by atoms with Crippen LogP contribution in [-0.4, -0.2) is 28.5 Å². The van der Waals surface area contributed by atoms with E-state index in [1.54, 1.807) is 11.3 Å². The number of benzene rings is 1. The van der Waals surface area contributed by atoms with Gasteiger partial charge in [-0.05, 0) is 18.4 Å². The molecule has 6 heteroatoms. The minimum absolute atomic E-state index is 0.0211. The van der Waals surface area contributed by atoms with Crippen LogP contribution in [0, 0.1) is 0 Å². The zero-order valence-electron chi connectivity index (χ0n) is 12.4. The highest BCUT2D eigenvalue weighted by atomic mass is 32.1. The van der Waals surface area contributed by atoms with Gasteiger partial charge in [0.15, 0.2) is 6.61 Å². The molecule has 1 aliphatic carbocycles. The van der Waals surface area contributed by atoms with E-state index in [1.165, 1.54) is 6.33 Å². The van der Waals surface area contributed by atoms with Gasteiger partial charge in [0.05, 0.1) is 5.39 Å². The number of nitrogens with zero attached hydrogens (tertiary/aromatic N) is 2. The molecule has 2 heterocycles. The highest BCUT2D eigenvalue weighted by Gasteiger charge is 2.23. The summed E-state index contributed by atoms with van der Waals surface area (Å²) in [6.45, 7) is -0.0211.